The first-order valence-electron chi connectivity index (χ1n) is 5.41. The van der Waals surface area contributed by atoms with Gasteiger partial charge in [-0.2, -0.15) is 0 Å². The summed E-state index contributed by atoms with van der Waals surface area (Å²) < 4.78 is 0. The van der Waals surface area contributed by atoms with Crippen molar-refractivity contribution < 1.29 is 19.5 Å². The van der Waals surface area contributed by atoms with Crippen LogP contribution in [0.2, 0.25) is 0 Å². The van der Waals surface area contributed by atoms with Gasteiger partial charge in [-0.15, -0.1) is 0 Å². The molecule has 0 aliphatic heterocycles. The lowest BCUT2D eigenvalue weighted by Gasteiger charge is -2.21. The summed E-state index contributed by atoms with van der Waals surface area (Å²) >= 11 is 0. The number of nitrogens with two attached hydrogens (primary N) is 1. The van der Waals surface area contributed by atoms with E-state index in [1.165, 1.54) is 11.9 Å². The maximum Gasteiger partial charge on any atom is 0.326 e. The largest absolute Gasteiger partial charge is 0.480 e. The first-order valence-corrected chi connectivity index (χ1v) is 5.41. The third-order valence-electron chi connectivity index (χ3n) is 2.13. The number of nitrogens with zero attached hydrogens (tertiary/aromatic N) is 1. The van der Waals surface area contributed by atoms with Crippen molar-refractivity contribution in [2.75, 3.05) is 13.6 Å². The highest BCUT2D eigenvalue weighted by atomic mass is 16.4. The van der Waals surface area contributed by atoms with Crippen molar-refractivity contribution in [3.63, 3.8) is 0 Å². The fraction of sp³-hybridized carbons (Fsp3) is 0.545. The minimum absolute atomic E-state index is 0.0304. The zero-order valence-corrected chi connectivity index (χ0v) is 10.6. The van der Waals surface area contributed by atoms with Crippen molar-refractivity contribution >= 4 is 17.9 Å². The van der Waals surface area contributed by atoms with Crippen LogP contribution in [0.1, 0.15) is 19.8 Å². The molecular weight excluding hydrogens is 238 g/mol. The van der Waals surface area contributed by atoms with Gasteiger partial charge < -0.3 is 21.1 Å². The van der Waals surface area contributed by atoms with Gasteiger partial charge in [0.1, 0.15) is 6.04 Å². The molecule has 3 amide bonds. The van der Waals surface area contributed by atoms with Crippen molar-refractivity contribution in [3.05, 3.63) is 12.2 Å². The molecule has 0 spiro atoms. The molecule has 0 rings (SSSR count). The molecule has 1 atom stereocenters. The van der Waals surface area contributed by atoms with Gasteiger partial charge in [0.25, 0.3) is 0 Å². The number of primary amides is 1. The van der Waals surface area contributed by atoms with Crippen molar-refractivity contribution in [3.8, 4) is 0 Å². The van der Waals surface area contributed by atoms with E-state index >= 15 is 0 Å². The third kappa shape index (κ3) is 6.51. The second kappa shape index (κ2) is 7.31. The van der Waals surface area contributed by atoms with E-state index < -0.39 is 23.9 Å². The third-order valence-corrected chi connectivity index (χ3v) is 2.13. The summed E-state index contributed by atoms with van der Waals surface area (Å²) in [7, 11) is 1.52. The molecule has 7 nitrogen and oxygen atoms in total. The summed E-state index contributed by atoms with van der Waals surface area (Å²) in [5, 5.41) is 11.2. The summed E-state index contributed by atoms with van der Waals surface area (Å²) in [6.07, 6.45) is -0.126. The van der Waals surface area contributed by atoms with E-state index in [2.05, 4.69) is 11.9 Å². The normalized spacial score (nSPS) is 11.4. The smallest absolute Gasteiger partial charge is 0.326 e. The Kier molecular flexibility index (Phi) is 6.48. The van der Waals surface area contributed by atoms with Gasteiger partial charge in [-0.3, -0.25) is 4.79 Å². The monoisotopic (exact) mass is 257 g/mol. The van der Waals surface area contributed by atoms with Crippen LogP contribution in [-0.4, -0.2) is 47.5 Å². The second-order valence-electron chi connectivity index (χ2n) is 4.16. The highest BCUT2D eigenvalue weighted by molar-refractivity contribution is 5.83. The van der Waals surface area contributed by atoms with Gasteiger partial charge in [0.2, 0.25) is 5.91 Å². The predicted molar refractivity (Wildman–Crippen MR) is 65.8 cm³/mol. The van der Waals surface area contributed by atoms with E-state index in [9.17, 15) is 14.4 Å². The molecule has 0 aliphatic carbocycles. The molecule has 0 aliphatic rings. The molecule has 0 bridgehead atoms. The van der Waals surface area contributed by atoms with Crippen LogP contribution in [0.4, 0.5) is 4.79 Å². The molecule has 0 fully saturated rings. The number of urea groups is 1. The molecule has 0 aromatic rings. The molecule has 18 heavy (non-hydrogen) atoms. The number of hydrogen-bond acceptors (Lipinski definition) is 3. The number of hydrogen-bond donors (Lipinski definition) is 3. The van der Waals surface area contributed by atoms with Gasteiger partial charge in [-0.05, 0) is 13.3 Å². The minimum Gasteiger partial charge on any atom is -0.480 e. The zero-order valence-electron chi connectivity index (χ0n) is 10.6. The molecule has 0 aromatic heterocycles. The standard InChI is InChI=1S/C11H19N3O4/c1-7(2)6-14(3)11(18)13-8(10(16)17)4-5-9(12)15/h8H,1,4-6H2,2-3H3,(H2,12,15)(H,13,18)(H,16,17)/t8-/m1/s1. The van der Waals surface area contributed by atoms with Crippen molar-refractivity contribution in [1.82, 2.24) is 10.2 Å². The molecular formula is C11H19N3O4. The second-order valence-corrected chi connectivity index (χ2v) is 4.16. The average Bonchev–Trinajstić information content (AvgIpc) is 2.21. The SMILES string of the molecule is C=C(C)CN(C)C(=O)N[C@H](CCC(N)=O)C(=O)O. The summed E-state index contributed by atoms with van der Waals surface area (Å²) in [6.45, 7) is 5.73. The minimum atomic E-state index is -1.20. The van der Waals surface area contributed by atoms with Crippen molar-refractivity contribution in [1.29, 1.82) is 0 Å². The van der Waals surface area contributed by atoms with E-state index in [1.54, 1.807) is 6.92 Å². The fourth-order valence-electron chi connectivity index (χ4n) is 1.28. The van der Waals surface area contributed by atoms with Crippen LogP contribution in [0.5, 0.6) is 0 Å². The van der Waals surface area contributed by atoms with Crippen LogP contribution in [0.25, 0.3) is 0 Å². The number of amides is 3. The summed E-state index contributed by atoms with van der Waals surface area (Å²) in [5.41, 5.74) is 5.71. The number of carbonyl (C=O) groups is 3. The van der Waals surface area contributed by atoms with Gasteiger partial charge >= 0.3 is 12.0 Å². The Hall–Kier alpha value is -2.05. The van der Waals surface area contributed by atoms with E-state index in [4.69, 9.17) is 10.8 Å². The van der Waals surface area contributed by atoms with Gasteiger partial charge in [-0.1, -0.05) is 12.2 Å². The Labute approximate surface area is 106 Å². The van der Waals surface area contributed by atoms with E-state index in [-0.39, 0.29) is 12.8 Å². The molecule has 0 saturated carbocycles. The maximum atomic E-state index is 11.6. The van der Waals surface area contributed by atoms with E-state index in [1.807, 2.05) is 0 Å². The van der Waals surface area contributed by atoms with Gasteiger partial charge in [0, 0.05) is 20.0 Å². The molecule has 102 valence electrons. The molecule has 4 N–H and O–H groups in total. The molecule has 0 radical (unpaired) electrons. The van der Waals surface area contributed by atoms with Crippen LogP contribution >= 0.6 is 0 Å². The van der Waals surface area contributed by atoms with Crippen LogP contribution in [0, 0.1) is 0 Å². The van der Waals surface area contributed by atoms with Gasteiger partial charge in [0.05, 0.1) is 0 Å². The fourth-order valence-corrected chi connectivity index (χ4v) is 1.28. The lowest BCUT2D eigenvalue weighted by Crippen LogP contribution is -2.47. The highest BCUT2D eigenvalue weighted by Gasteiger charge is 2.22. The molecule has 0 saturated heterocycles. The Bertz CT molecular complexity index is 354. The first-order chi connectivity index (χ1) is 8.23. The summed E-state index contributed by atoms with van der Waals surface area (Å²) in [4.78, 5) is 34.4. The lowest BCUT2D eigenvalue weighted by molar-refractivity contribution is -0.139. The van der Waals surface area contributed by atoms with Gasteiger partial charge in [-0.25, -0.2) is 9.59 Å². The highest BCUT2D eigenvalue weighted by Crippen LogP contribution is 2.00. The first kappa shape index (κ1) is 16.0. The number of carbonyl (C=O) groups excluding carboxylic acids is 2. The molecule has 0 aromatic carbocycles. The van der Waals surface area contributed by atoms with Gasteiger partial charge in [0.15, 0.2) is 0 Å². The average molecular weight is 257 g/mol. The lowest BCUT2D eigenvalue weighted by atomic mass is 10.1. The van der Waals surface area contributed by atoms with E-state index in [0.29, 0.717) is 6.54 Å². The predicted octanol–water partition coefficient (Wildman–Crippen LogP) is -0.0774. The Morgan fingerprint density at radius 1 is 1.44 bits per heavy atom. The quantitative estimate of drug-likeness (QED) is 0.554. The van der Waals surface area contributed by atoms with Crippen molar-refractivity contribution in [2.24, 2.45) is 5.73 Å². The summed E-state index contributed by atoms with van der Waals surface area (Å²) in [6, 6.07) is -1.66. The zero-order chi connectivity index (χ0) is 14.3. The molecule has 7 heteroatoms. The Morgan fingerprint density at radius 2 is 2.00 bits per heavy atom. The number of nitrogens with one attached hydrogen (secondary N) is 1. The number of carboxylic acid groups (broad SMARTS) is 1. The number of likely N-dealkylation sites (N-methyl/N-ethyl adjacent to an activating group) is 1. The van der Waals surface area contributed by atoms with Crippen molar-refractivity contribution in [2.45, 2.75) is 25.8 Å². The number of rotatable bonds is 7. The molecule has 0 heterocycles. The molecule has 0 unspecified atom stereocenters. The van der Waals surface area contributed by atoms with Crippen LogP contribution < -0.4 is 11.1 Å². The topological polar surface area (TPSA) is 113 Å². The Morgan fingerprint density at radius 3 is 2.39 bits per heavy atom. The van der Waals surface area contributed by atoms with Crippen LogP contribution in [-0.2, 0) is 9.59 Å². The summed E-state index contributed by atoms with van der Waals surface area (Å²) in [5.74, 6) is -1.81. The van der Waals surface area contributed by atoms with Crippen LogP contribution in [0.3, 0.4) is 0 Å². The number of carboxylic acids is 1. The van der Waals surface area contributed by atoms with E-state index in [0.717, 1.165) is 5.57 Å². The van der Waals surface area contributed by atoms with Crippen LogP contribution in [0.15, 0.2) is 12.2 Å². The maximum absolute atomic E-state index is 11.6. The number of aliphatic carboxylic acids is 1. The Balaban J connectivity index is 4.40.